The molecule has 1 aromatic carbocycles. The van der Waals surface area contributed by atoms with Gasteiger partial charge in [-0.3, -0.25) is 0 Å². The molecule has 0 aliphatic carbocycles. The van der Waals surface area contributed by atoms with Gasteiger partial charge in [0.05, 0.1) is 10.9 Å². The van der Waals surface area contributed by atoms with E-state index >= 15 is 0 Å². The first-order valence-corrected chi connectivity index (χ1v) is 6.97. The maximum absolute atomic E-state index is 9.47. The molecule has 0 aliphatic heterocycles. The van der Waals surface area contributed by atoms with E-state index in [-0.39, 0.29) is 45.1 Å². The van der Waals surface area contributed by atoms with E-state index < -0.39 is 0 Å². The van der Waals surface area contributed by atoms with Gasteiger partial charge in [-0.25, -0.2) is 29.9 Å². The molecule has 4 rings (SSSR count). The van der Waals surface area contributed by atoms with Crippen molar-refractivity contribution in [1.29, 1.82) is 21.0 Å². The van der Waals surface area contributed by atoms with E-state index in [2.05, 4.69) is 29.9 Å². The Hall–Kier alpha value is -4.80. The molecular formula is C16H2N10. The SMILES string of the molecule is N#Cc1ncc2c3cnc(C#N)nc3c3c(C#N)nc(C#N)nc3c2n1. The van der Waals surface area contributed by atoms with Crippen LogP contribution in [0, 0.1) is 45.3 Å². The van der Waals surface area contributed by atoms with Crippen LogP contribution in [0.5, 0.6) is 0 Å². The fourth-order valence-electron chi connectivity index (χ4n) is 2.62. The van der Waals surface area contributed by atoms with Crippen molar-refractivity contribution < 1.29 is 0 Å². The van der Waals surface area contributed by atoms with E-state index in [0.717, 1.165) is 0 Å². The summed E-state index contributed by atoms with van der Waals surface area (Å²) in [5, 5.41) is 38.0. The van der Waals surface area contributed by atoms with Gasteiger partial charge in [0.15, 0.2) is 5.69 Å². The Kier molecular flexibility index (Phi) is 3.06. The third kappa shape index (κ3) is 1.94. The summed E-state index contributed by atoms with van der Waals surface area (Å²) in [5.74, 6) is -0.411. The molecule has 4 aromatic rings. The minimum absolute atomic E-state index is 0.0850. The van der Waals surface area contributed by atoms with Gasteiger partial charge in [0.25, 0.3) is 0 Å². The summed E-state index contributed by atoms with van der Waals surface area (Å²) in [6.07, 6.45) is 2.83. The van der Waals surface area contributed by atoms with Gasteiger partial charge < -0.3 is 0 Å². The molecular weight excluding hydrogens is 332 g/mol. The molecule has 0 bridgehead atoms. The van der Waals surface area contributed by atoms with E-state index in [9.17, 15) is 5.26 Å². The van der Waals surface area contributed by atoms with Crippen LogP contribution in [0.1, 0.15) is 23.2 Å². The monoisotopic (exact) mass is 334 g/mol. The molecule has 0 amide bonds. The predicted molar refractivity (Wildman–Crippen MR) is 84.6 cm³/mol. The van der Waals surface area contributed by atoms with E-state index in [4.69, 9.17) is 15.8 Å². The van der Waals surface area contributed by atoms with Gasteiger partial charge in [0, 0.05) is 23.2 Å². The fourth-order valence-corrected chi connectivity index (χ4v) is 2.62. The number of benzene rings is 1. The first-order valence-electron chi connectivity index (χ1n) is 6.97. The molecule has 116 valence electrons. The Morgan fingerprint density at radius 2 is 1.12 bits per heavy atom. The lowest BCUT2D eigenvalue weighted by Crippen LogP contribution is -2.01. The Morgan fingerprint density at radius 3 is 1.69 bits per heavy atom. The first kappa shape index (κ1) is 14.8. The molecule has 26 heavy (non-hydrogen) atoms. The van der Waals surface area contributed by atoms with Crippen LogP contribution in [0.15, 0.2) is 12.4 Å². The smallest absolute Gasteiger partial charge is 0.227 e. The summed E-state index contributed by atoms with van der Waals surface area (Å²) in [6, 6.07) is 7.38. The number of fused-ring (bicyclic) bond motifs is 6. The maximum Gasteiger partial charge on any atom is 0.234 e. The molecule has 0 atom stereocenters. The van der Waals surface area contributed by atoms with E-state index in [1.54, 1.807) is 6.07 Å². The standard InChI is InChI=1S/C16H2N10/c17-1-9-13-14-7(5-21-10(2-18)24-14)8-6-22-11(3-19)25-15(8)16(13)26-12(4-20)23-9/h5-6H. The fraction of sp³-hybridized carbons (Fsp3) is 0. The first-order chi connectivity index (χ1) is 12.7. The molecule has 0 fully saturated rings. The average molecular weight is 334 g/mol. The van der Waals surface area contributed by atoms with E-state index in [1.807, 2.05) is 18.2 Å². The topological polar surface area (TPSA) is 172 Å². The quantitative estimate of drug-likeness (QED) is 0.422. The number of nitriles is 4. The van der Waals surface area contributed by atoms with Gasteiger partial charge in [-0.05, 0) is 0 Å². The van der Waals surface area contributed by atoms with Crippen molar-refractivity contribution in [3.05, 3.63) is 35.6 Å². The molecule has 3 heterocycles. The minimum Gasteiger partial charge on any atom is -0.227 e. The van der Waals surface area contributed by atoms with E-state index in [1.165, 1.54) is 12.4 Å². The second kappa shape index (κ2) is 5.38. The van der Waals surface area contributed by atoms with Crippen LogP contribution < -0.4 is 0 Å². The maximum atomic E-state index is 9.47. The van der Waals surface area contributed by atoms with Crippen molar-refractivity contribution in [3.8, 4) is 24.3 Å². The summed E-state index contributed by atoms with van der Waals surface area (Å²) in [7, 11) is 0. The van der Waals surface area contributed by atoms with Crippen LogP contribution in [0.2, 0.25) is 0 Å². The molecule has 10 heteroatoms. The zero-order valence-electron chi connectivity index (χ0n) is 12.6. The van der Waals surface area contributed by atoms with Crippen LogP contribution >= 0.6 is 0 Å². The highest BCUT2D eigenvalue weighted by atomic mass is 14.9. The van der Waals surface area contributed by atoms with Gasteiger partial charge in [-0.1, -0.05) is 0 Å². The zero-order valence-corrected chi connectivity index (χ0v) is 12.6. The number of aromatic nitrogens is 6. The third-order valence-electron chi connectivity index (χ3n) is 3.64. The van der Waals surface area contributed by atoms with Crippen molar-refractivity contribution in [3.63, 3.8) is 0 Å². The van der Waals surface area contributed by atoms with E-state index in [0.29, 0.717) is 10.8 Å². The molecule has 0 saturated heterocycles. The lowest BCUT2D eigenvalue weighted by atomic mass is 10.0. The second-order valence-electron chi connectivity index (χ2n) is 4.98. The van der Waals surface area contributed by atoms with Crippen molar-refractivity contribution in [2.24, 2.45) is 0 Å². The molecule has 0 radical (unpaired) electrons. The van der Waals surface area contributed by atoms with Crippen LogP contribution in [-0.4, -0.2) is 29.9 Å². The zero-order chi connectivity index (χ0) is 18.3. The number of rotatable bonds is 0. The number of nitrogens with zero attached hydrogens (tertiary/aromatic N) is 10. The highest BCUT2D eigenvalue weighted by Crippen LogP contribution is 2.32. The van der Waals surface area contributed by atoms with Crippen molar-refractivity contribution >= 4 is 32.7 Å². The lowest BCUT2D eigenvalue weighted by molar-refractivity contribution is 1.12. The number of hydrogen-bond donors (Lipinski definition) is 0. The molecule has 0 aliphatic rings. The summed E-state index contributed by atoms with van der Waals surface area (Å²) in [4.78, 5) is 24.3. The van der Waals surface area contributed by atoms with Gasteiger partial charge in [0.2, 0.25) is 17.5 Å². The molecule has 0 saturated carbocycles. The summed E-state index contributed by atoms with van der Waals surface area (Å²) >= 11 is 0. The highest BCUT2D eigenvalue weighted by molar-refractivity contribution is 6.22. The Balaban J connectivity index is 2.41. The van der Waals surface area contributed by atoms with Crippen molar-refractivity contribution in [2.75, 3.05) is 0 Å². The van der Waals surface area contributed by atoms with Crippen molar-refractivity contribution in [2.45, 2.75) is 0 Å². The normalized spacial score (nSPS) is 10.2. The van der Waals surface area contributed by atoms with Crippen molar-refractivity contribution in [1.82, 2.24) is 29.9 Å². The Labute approximate surface area is 144 Å². The highest BCUT2D eigenvalue weighted by Gasteiger charge is 2.19. The van der Waals surface area contributed by atoms with Gasteiger partial charge in [-0.2, -0.15) is 21.0 Å². The third-order valence-corrected chi connectivity index (χ3v) is 3.64. The molecule has 0 N–H and O–H groups in total. The average Bonchev–Trinajstić information content (AvgIpc) is 2.71. The van der Waals surface area contributed by atoms with Crippen LogP contribution in [0.3, 0.4) is 0 Å². The Bertz CT molecular complexity index is 1430. The summed E-state index contributed by atoms with van der Waals surface area (Å²) < 4.78 is 0. The lowest BCUT2D eigenvalue weighted by Gasteiger charge is -2.08. The molecule has 10 nitrogen and oxygen atoms in total. The summed E-state index contributed by atoms with van der Waals surface area (Å²) in [5.41, 5.74) is 0.631. The minimum atomic E-state index is -0.221. The molecule has 0 spiro atoms. The van der Waals surface area contributed by atoms with Gasteiger partial charge >= 0.3 is 0 Å². The van der Waals surface area contributed by atoms with Crippen LogP contribution in [-0.2, 0) is 0 Å². The van der Waals surface area contributed by atoms with Gasteiger partial charge in [-0.15, -0.1) is 0 Å². The predicted octanol–water partition coefficient (Wildman–Crippen LogP) is 1.00. The van der Waals surface area contributed by atoms with Crippen LogP contribution in [0.4, 0.5) is 0 Å². The van der Waals surface area contributed by atoms with Crippen LogP contribution in [0.25, 0.3) is 32.7 Å². The second-order valence-corrected chi connectivity index (χ2v) is 4.98. The largest absolute Gasteiger partial charge is 0.234 e. The number of hydrogen-bond acceptors (Lipinski definition) is 10. The molecule has 3 aromatic heterocycles. The Morgan fingerprint density at radius 1 is 0.577 bits per heavy atom. The van der Waals surface area contributed by atoms with Gasteiger partial charge in [0.1, 0.15) is 35.3 Å². The molecule has 0 unspecified atom stereocenters. The summed E-state index contributed by atoms with van der Waals surface area (Å²) in [6.45, 7) is 0.